The lowest BCUT2D eigenvalue weighted by Crippen LogP contribution is -2.17. The lowest BCUT2D eigenvalue weighted by Gasteiger charge is -2.15. The van der Waals surface area contributed by atoms with Crippen LogP contribution in [-0.4, -0.2) is 20.2 Å². The molecule has 4 aromatic rings. The highest BCUT2D eigenvalue weighted by Gasteiger charge is 2.20. The fraction of sp³-hybridized carbons (Fsp3) is 0.105. The summed E-state index contributed by atoms with van der Waals surface area (Å²) in [4.78, 5) is 11.5. The molecule has 0 amide bonds. The molecule has 24 heavy (non-hydrogen) atoms. The van der Waals surface area contributed by atoms with E-state index in [0.717, 1.165) is 41.2 Å². The number of benzene rings is 2. The van der Waals surface area contributed by atoms with Gasteiger partial charge in [-0.25, -0.2) is 9.97 Å². The molecule has 2 aromatic carbocycles. The molecule has 0 fully saturated rings. The van der Waals surface area contributed by atoms with Crippen molar-refractivity contribution >= 4 is 16.9 Å². The van der Waals surface area contributed by atoms with Crippen molar-refractivity contribution in [2.75, 3.05) is 4.90 Å². The van der Waals surface area contributed by atoms with Crippen molar-refractivity contribution in [3.8, 4) is 11.3 Å². The molecule has 0 spiro atoms. The molecule has 1 aliphatic heterocycles. The number of fused-ring (bicyclic) bond motifs is 2. The Hall–Kier alpha value is -3.21. The Kier molecular flexibility index (Phi) is 2.85. The molecular formula is C19H15N5. The van der Waals surface area contributed by atoms with Gasteiger partial charge in [0, 0.05) is 30.2 Å². The van der Waals surface area contributed by atoms with E-state index in [1.54, 1.807) is 0 Å². The molecule has 0 saturated heterocycles. The van der Waals surface area contributed by atoms with Gasteiger partial charge >= 0.3 is 0 Å². The van der Waals surface area contributed by atoms with E-state index in [9.17, 15) is 0 Å². The van der Waals surface area contributed by atoms with Gasteiger partial charge in [-0.15, -0.1) is 0 Å². The Balaban J connectivity index is 1.50. The molecule has 0 atom stereocenters. The maximum atomic E-state index is 4.78. The van der Waals surface area contributed by atoms with Crippen LogP contribution in [0.5, 0.6) is 0 Å². The maximum Gasteiger partial charge on any atom is 0.226 e. The van der Waals surface area contributed by atoms with Gasteiger partial charge in [0.15, 0.2) is 0 Å². The van der Waals surface area contributed by atoms with E-state index in [1.165, 1.54) is 11.1 Å². The lowest BCUT2D eigenvalue weighted by molar-refractivity contribution is 0.829. The van der Waals surface area contributed by atoms with Crippen LogP contribution in [-0.2, 0) is 13.1 Å². The van der Waals surface area contributed by atoms with Gasteiger partial charge in [0.2, 0.25) is 5.95 Å². The average molecular weight is 313 g/mol. The van der Waals surface area contributed by atoms with Crippen LogP contribution in [0.25, 0.3) is 22.2 Å². The molecule has 116 valence electrons. The summed E-state index contributed by atoms with van der Waals surface area (Å²) in [6.07, 6.45) is 3.66. The number of hydrogen-bond acceptors (Lipinski definition) is 4. The lowest BCUT2D eigenvalue weighted by atomic mass is 10.1. The summed E-state index contributed by atoms with van der Waals surface area (Å²) in [5.41, 5.74) is 5.71. The SMILES string of the molecule is c1ccc2c(c1)CN(c1nccc(-c3ccc4cn[nH]c4c3)n1)C2. The Bertz CT molecular complexity index is 1010. The summed E-state index contributed by atoms with van der Waals surface area (Å²) in [6.45, 7) is 1.72. The first kappa shape index (κ1) is 13.2. The van der Waals surface area contributed by atoms with Gasteiger partial charge in [0.25, 0.3) is 0 Å². The highest BCUT2D eigenvalue weighted by atomic mass is 15.3. The van der Waals surface area contributed by atoms with E-state index < -0.39 is 0 Å². The topological polar surface area (TPSA) is 57.7 Å². The van der Waals surface area contributed by atoms with Crippen molar-refractivity contribution in [2.24, 2.45) is 0 Å². The molecule has 5 rings (SSSR count). The molecule has 0 aliphatic carbocycles. The minimum atomic E-state index is 0.772. The fourth-order valence-corrected chi connectivity index (χ4v) is 3.23. The zero-order valence-electron chi connectivity index (χ0n) is 13.0. The third kappa shape index (κ3) is 2.13. The van der Waals surface area contributed by atoms with Gasteiger partial charge in [-0.05, 0) is 23.3 Å². The predicted octanol–water partition coefficient (Wildman–Crippen LogP) is 3.54. The number of rotatable bonds is 2. The Morgan fingerprint density at radius 3 is 2.62 bits per heavy atom. The van der Waals surface area contributed by atoms with Gasteiger partial charge in [-0.2, -0.15) is 5.10 Å². The van der Waals surface area contributed by atoms with Crippen molar-refractivity contribution in [2.45, 2.75) is 13.1 Å². The number of hydrogen-bond donors (Lipinski definition) is 1. The average Bonchev–Trinajstić information content (AvgIpc) is 3.27. The fourth-order valence-electron chi connectivity index (χ4n) is 3.23. The molecule has 3 heterocycles. The van der Waals surface area contributed by atoms with Crippen LogP contribution >= 0.6 is 0 Å². The highest BCUT2D eigenvalue weighted by molar-refractivity contribution is 5.83. The van der Waals surface area contributed by atoms with Crippen molar-refractivity contribution in [1.29, 1.82) is 0 Å². The van der Waals surface area contributed by atoms with Gasteiger partial charge < -0.3 is 4.90 Å². The third-order valence-corrected chi connectivity index (χ3v) is 4.50. The maximum absolute atomic E-state index is 4.78. The Morgan fingerprint density at radius 2 is 1.79 bits per heavy atom. The van der Waals surface area contributed by atoms with E-state index in [4.69, 9.17) is 4.98 Å². The summed E-state index contributed by atoms with van der Waals surface area (Å²) in [5, 5.41) is 8.18. The zero-order valence-corrected chi connectivity index (χ0v) is 13.0. The third-order valence-electron chi connectivity index (χ3n) is 4.50. The first-order valence-corrected chi connectivity index (χ1v) is 7.95. The summed E-state index contributed by atoms with van der Waals surface area (Å²) >= 11 is 0. The number of H-pyrrole nitrogens is 1. The second-order valence-electron chi connectivity index (χ2n) is 6.04. The standard InChI is InChI=1S/C19H15N5/c1-2-4-16-12-24(11-15(16)3-1)19-20-8-7-17(22-19)13-5-6-14-10-21-23-18(14)9-13/h1-10H,11-12H2,(H,21,23). The van der Waals surface area contributed by atoms with Gasteiger partial charge in [0.1, 0.15) is 0 Å². The molecular weight excluding hydrogens is 298 g/mol. The normalized spacial score (nSPS) is 13.4. The molecule has 5 nitrogen and oxygen atoms in total. The van der Waals surface area contributed by atoms with Crippen molar-refractivity contribution in [3.05, 3.63) is 72.1 Å². The summed E-state index contributed by atoms with van der Waals surface area (Å²) in [7, 11) is 0. The van der Waals surface area contributed by atoms with E-state index in [2.05, 4.69) is 62.5 Å². The van der Waals surface area contributed by atoms with E-state index >= 15 is 0 Å². The van der Waals surface area contributed by atoms with Crippen LogP contribution in [0, 0.1) is 0 Å². The van der Waals surface area contributed by atoms with Crippen LogP contribution in [0.1, 0.15) is 11.1 Å². The molecule has 0 saturated carbocycles. The number of anilines is 1. The first-order chi connectivity index (χ1) is 11.9. The van der Waals surface area contributed by atoms with Crippen molar-refractivity contribution in [3.63, 3.8) is 0 Å². The molecule has 0 bridgehead atoms. The number of nitrogens with one attached hydrogen (secondary N) is 1. The Morgan fingerprint density at radius 1 is 0.958 bits per heavy atom. The minimum Gasteiger partial charge on any atom is -0.332 e. The highest BCUT2D eigenvalue weighted by Crippen LogP contribution is 2.28. The van der Waals surface area contributed by atoms with Crippen LogP contribution in [0.4, 0.5) is 5.95 Å². The molecule has 0 radical (unpaired) electrons. The molecule has 5 heteroatoms. The summed E-state index contributed by atoms with van der Waals surface area (Å²) in [6, 6.07) is 16.7. The summed E-state index contributed by atoms with van der Waals surface area (Å²) in [5.74, 6) is 0.772. The molecule has 0 unspecified atom stereocenters. The van der Waals surface area contributed by atoms with Crippen LogP contribution in [0.2, 0.25) is 0 Å². The van der Waals surface area contributed by atoms with Crippen molar-refractivity contribution < 1.29 is 0 Å². The van der Waals surface area contributed by atoms with E-state index in [-0.39, 0.29) is 0 Å². The molecule has 2 aromatic heterocycles. The predicted molar refractivity (Wildman–Crippen MR) is 93.4 cm³/mol. The van der Waals surface area contributed by atoms with Gasteiger partial charge in [0.05, 0.1) is 17.4 Å². The quantitative estimate of drug-likeness (QED) is 0.615. The van der Waals surface area contributed by atoms with Gasteiger partial charge in [-0.3, -0.25) is 5.10 Å². The van der Waals surface area contributed by atoms with E-state index in [0.29, 0.717) is 0 Å². The van der Waals surface area contributed by atoms with Crippen LogP contribution in [0.3, 0.4) is 0 Å². The van der Waals surface area contributed by atoms with Crippen LogP contribution in [0.15, 0.2) is 60.9 Å². The minimum absolute atomic E-state index is 0.772. The first-order valence-electron chi connectivity index (χ1n) is 7.95. The summed E-state index contributed by atoms with van der Waals surface area (Å²) < 4.78 is 0. The Labute approximate surface area is 139 Å². The smallest absolute Gasteiger partial charge is 0.226 e. The van der Waals surface area contributed by atoms with E-state index in [1.807, 2.05) is 18.5 Å². The monoisotopic (exact) mass is 313 g/mol. The zero-order chi connectivity index (χ0) is 15.9. The van der Waals surface area contributed by atoms with Gasteiger partial charge in [-0.1, -0.05) is 36.4 Å². The second-order valence-corrected chi connectivity index (χ2v) is 6.04. The number of nitrogens with zero attached hydrogens (tertiary/aromatic N) is 4. The molecule has 1 N–H and O–H groups in total. The molecule has 1 aliphatic rings. The largest absolute Gasteiger partial charge is 0.332 e. The second kappa shape index (κ2) is 5.16. The number of aromatic amines is 1. The van der Waals surface area contributed by atoms with Crippen LogP contribution < -0.4 is 4.90 Å². The van der Waals surface area contributed by atoms with Crippen molar-refractivity contribution in [1.82, 2.24) is 20.2 Å². The number of aromatic nitrogens is 4.